The summed E-state index contributed by atoms with van der Waals surface area (Å²) in [6.07, 6.45) is 6.15. The van der Waals surface area contributed by atoms with E-state index >= 15 is 0 Å². The van der Waals surface area contributed by atoms with Crippen LogP contribution in [0.1, 0.15) is 18.4 Å². The van der Waals surface area contributed by atoms with E-state index in [-0.39, 0.29) is 5.82 Å². The Morgan fingerprint density at radius 1 is 1.47 bits per heavy atom. The normalized spacial score (nSPS) is 16.1. The molecule has 1 aromatic rings. The minimum Gasteiger partial charge on any atom is -0.311 e. The molecule has 1 aliphatic rings. The second-order valence-electron chi connectivity index (χ2n) is 3.72. The Hall–Kier alpha value is -0.860. The third-order valence-electron chi connectivity index (χ3n) is 2.39. The molecule has 0 spiro atoms. The lowest BCUT2D eigenvalue weighted by molar-refractivity contribution is 0.625. The third kappa shape index (κ3) is 3.05. The largest absolute Gasteiger partial charge is 0.311 e. The summed E-state index contributed by atoms with van der Waals surface area (Å²) in [5.41, 5.74) is 0.469. The molecule has 0 aromatic heterocycles. The molecule has 1 nitrogen and oxygen atoms in total. The molecule has 0 bridgehead atoms. The van der Waals surface area contributed by atoms with Crippen LogP contribution in [0.25, 0.3) is 6.08 Å². The van der Waals surface area contributed by atoms with Gasteiger partial charge in [-0.1, -0.05) is 29.8 Å². The standard InChI is InChI=1S/C12H13ClFN/c13-11-4-1-5-12(14)10(11)3-2-8-15-9-6-7-9/h1-5,9,15H,6-8H2. The summed E-state index contributed by atoms with van der Waals surface area (Å²) in [6.45, 7) is 0.773. The number of rotatable bonds is 4. The third-order valence-corrected chi connectivity index (χ3v) is 2.72. The predicted molar refractivity (Wildman–Crippen MR) is 61.5 cm³/mol. The fraction of sp³-hybridized carbons (Fsp3) is 0.333. The fourth-order valence-electron chi connectivity index (χ4n) is 1.37. The van der Waals surface area contributed by atoms with Crippen molar-refractivity contribution in [3.8, 4) is 0 Å². The van der Waals surface area contributed by atoms with Gasteiger partial charge in [-0.25, -0.2) is 4.39 Å². The number of nitrogens with one attached hydrogen (secondary N) is 1. The van der Waals surface area contributed by atoms with Gasteiger partial charge in [0.15, 0.2) is 0 Å². The van der Waals surface area contributed by atoms with E-state index < -0.39 is 0 Å². The van der Waals surface area contributed by atoms with Crippen molar-refractivity contribution in [1.29, 1.82) is 0 Å². The number of hydrogen-bond donors (Lipinski definition) is 1. The summed E-state index contributed by atoms with van der Waals surface area (Å²) < 4.78 is 13.3. The smallest absolute Gasteiger partial charge is 0.131 e. The van der Waals surface area contributed by atoms with Crippen molar-refractivity contribution in [2.75, 3.05) is 6.54 Å². The van der Waals surface area contributed by atoms with E-state index in [0.717, 1.165) is 6.54 Å². The number of hydrogen-bond acceptors (Lipinski definition) is 1. The Kier molecular flexibility index (Phi) is 3.39. The SMILES string of the molecule is Fc1cccc(Cl)c1C=CCNC1CC1. The van der Waals surface area contributed by atoms with Gasteiger partial charge in [-0.3, -0.25) is 0 Å². The zero-order valence-electron chi connectivity index (χ0n) is 8.34. The monoisotopic (exact) mass is 225 g/mol. The van der Waals surface area contributed by atoms with Gasteiger partial charge < -0.3 is 5.32 Å². The Balaban J connectivity index is 1.95. The van der Waals surface area contributed by atoms with Crippen LogP contribution in [0.15, 0.2) is 24.3 Å². The molecule has 1 aliphatic carbocycles. The maximum Gasteiger partial charge on any atom is 0.131 e. The van der Waals surface area contributed by atoms with Crippen molar-refractivity contribution in [2.24, 2.45) is 0 Å². The van der Waals surface area contributed by atoms with Crippen molar-refractivity contribution >= 4 is 17.7 Å². The first kappa shape index (κ1) is 10.7. The average molecular weight is 226 g/mol. The molecule has 1 aromatic carbocycles. The quantitative estimate of drug-likeness (QED) is 0.830. The Bertz CT molecular complexity index is 352. The molecule has 0 aliphatic heterocycles. The molecule has 1 fully saturated rings. The molecular formula is C12H13ClFN. The van der Waals surface area contributed by atoms with Crippen LogP contribution < -0.4 is 5.32 Å². The molecule has 1 N–H and O–H groups in total. The molecular weight excluding hydrogens is 213 g/mol. The first-order valence-corrected chi connectivity index (χ1v) is 5.49. The molecule has 0 unspecified atom stereocenters. The van der Waals surface area contributed by atoms with E-state index in [2.05, 4.69) is 5.32 Å². The summed E-state index contributed by atoms with van der Waals surface area (Å²) in [5, 5.41) is 3.77. The van der Waals surface area contributed by atoms with E-state index in [1.54, 1.807) is 18.2 Å². The zero-order valence-corrected chi connectivity index (χ0v) is 9.10. The van der Waals surface area contributed by atoms with Crippen LogP contribution in [-0.2, 0) is 0 Å². The van der Waals surface area contributed by atoms with Gasteiger partial charge in [-0.05, 0) is 25.0 Å². The molecule has 0 atom stereocenters. The summed E-state index contributed by atoms with van der Waals surface area (Å²) in [6, 6.07) is 5.39. The molecule has 15 heavy (non-hydrogen) atoms. The number of benzene rings is 1. The second-order valence-corrected chi connectivity index (χ2v) is 4.13. The first-order valence-electron chi connectivity index (χ1n) is 5.11. The molecule has 0 radical (unpaired) electrons. The van der Waals surface area contributed by atoms with Crippen molar-refractivity contribution in [3.63, 3.8) is 0 Å². The Labute approximate surface area is 93.9 Å². The van der Waals surface area contributed by atoms with Crippen LogP contribution in [0.3, 0.4) is 0 Å². The van der Waals surface area contributed by atoms with Crippen molar-refractivity contribution in [2.45, 2.75) is 18.9 Å². The van der Waals surface area contributed by atoms with Gasteiger partial charge in [0, 0.05) is 18.2 Å². The Morgan fingerprint density at radius 3 is 2.93 bits per heavy atom. The highest BCUT2D eigenvalue weighted by molar-refractivity contribution is 6.32. The van der Waals surface area contributed by atoms with Gasteiger partial charge in [0.25, 0.3) is 0 Å². The summed E-state index contributed by atoms with van der Waals surface area (Å²) in [4.78, 5) is 0. The van der Waals surface area contributed by atoms with Crippen LogP contribution in [0.5, 0.6) is 0 Å². The Morgan fingerprint density at radius 2 is 2.27 bits per heavy atom. The lowest BCUT2D eigenvalue weighted by atomic mass is 10.2. The molecule has 0 saturated heterocycles. The van der Waals surface area contributed by atoms with Gasteiger partial charge in [0.2, 0.25) is 0 Å². The fourth-order valence-corrected chi connectivity index (χ4v) is 1.59. The van der Waals surface area contributed by atoms with Gasteiger partial charge in [0.1, 0.15) is 5.82 Å². The van der Waals surface area contributed by atoms with E-state index in [1.165, 1.54) is 18.9 Å². The van der Waals surface area contributed by atoms with Crippen LogP contribution >= 0.6 is 11.6 Å². The van der Waals surface area contributed by atoms with E-state index in [1.807, 2.05) is 6.08 Å². The molecule has 2 rings (SSSR count). The molecule has 80 valence electrons. The van der Waals surface area contributed by atoms with Crippen LogP contribution in [-0.4, -0.2) is 12.6 Å². The topological polar surface area (TPSA) is 12.0 Å². The summed E-state index contributed by atoms with van der Waals surface area (Å²) >= 11 is 5.87. The maximum absolute atomic E-state index is 13.3. The zero-order chi connectivity index (χ0) is 10.7. The minimum absolute atomic E-state index is 0.273. The van der Waals surface area contributed by atoms with Crippen molar-refractivity contribution in [3.05, 3.63) is 40.7 Å². The first-order chi connectivity index (χ1) is 7.27. The molecule has 3 heteroatoms. The van der Waals surface area contributed by atoms with Gasteiger partial charge in [-0.15, -0.1) is 0 Å². The molecule has 0 amide bonds. The highest BCUT2D eigenvalue weighted by Gasteiger charge is 2.18. The predicted octanol–water partition coefficient (Wildman–Crippen LogP) is 3.24. The lowest BCUT2D eigenvalue weighted by Gasteiger charge is -2.00. The molecule has 1 saturated carbocycles. The van der Waals surface area contributed by atoms with E-state index in [0.29, 0.717) is 16.6 Å². The lowest BCUT2D eigenvalue weighted by Crippen LogP contribution is -2.15. The van der Waals surface area contributed by atoms with Gasteiger partial charge in [-0.2, -0.15) is 0 Å². The van der Waals surface area contributed by atoms with E-state index in [9.17, 15) is 4.39 Å². The van der Waals surface area contributed by atoms with Crippen LogP contribution in [0, 0.1) is 5.82 Å². The van der Waals surface area contributed by atoms with E-state index in [4.69, 9.17) is 11.6 Å². The van der Waals surface area contributed by atoms with Crippen LogP contribution in [0.4, 0.5) is 4.39 Å². The minimum atomic E-state index is -0.273. The highest BCUT2D eigenvalue weighted by Crippen LogP contribution is 2.20. The summed E-state index contributed by atoms with van der Waals surface area (Å²) in [5.74, 6) is -0.273. The van der Waals surface area contributed by atoms with Crippen molar-refractivity contribution < 1.29 is 4.39 Å². The van der Waals surface area contributed by atoms with Crippen molar-refractivity contribution in [1.82, 2.24) is 5.32 Å². The van der Waals surface area contributed by atoms with Gasteiger partial charge in [0.05, 0.1) is 5.02 Å². The maximum atomic E-state index is 13.3. The second kappa shape index (κ2) is 4.77. The average Bonchev–Trinajstić information content (AvgIpc) is 3.00. The van der Waals surface area contributed by atoms with Gasteiger partial charge >= 0.3 is 0 Å². The highest BCUT2D eigenvalue weighted by atomic mass is 35.5. The van der Waals surface area contributed by atoms with Crippen LogP contribution in [0.2, 0.25) is 5.02 Å². The number of halogens is 2. The molecule has 0 heterocycles. The summed E-state index contributed by atoms with van der Waals surface area (Å²) in [7, 11) is 0.